The van der Waals surface area contributed by atoms with Crippen molar-refractivity contribution in [3.05, 3.63) is 33.8 Å². The molecule has 1 aromatic rings. The summed E-state index contributed by atoms with van der Waals surface area (Å²) in [6.45, 7) is 3.78. The topological polar surface area (TPSA) is 17.1 Å². The number of halogens is 3. The first kappa shape index (κ1) is 14.0. The molecular formula is C12H13BrCl2O. The molecule has 4 heteroatoms. The van der Waals surface area contributed by atoms with Gasteiger partial charge < -0.3 is 0 Å². The highest BCUT2D eigenvalue weighted by molar-refractivity contribution is 9.10. The van der Waals surface area contributed by atoms with Crippen LogP contribution in [0, 0.1) is 5.92 Å². The minimum atomic E-state index is -0.189. The van der Waals surface area contributed by atoms with Gasteiger partial charge in [0, 0.05) is 16.0 Å². The van der Waals surface area contributed by atoms with Crippen molar-refractivity contribution in [2.24, 2.45) is 5.92 Å². The molecule has 1 aromatic carbocycles. The van der Waals surface area contributed by atoms with Crippen molar-refractivity contribution < 1.29 is 4.79 Å². The number of ketones is 1. The van der Waals surface area contributed by atoms with Gasteiger partial charge >= 0.3 is 0 Å². The third-order valence-corrected chi connectivity index (χ3v) is 3.65. The van der Waals surface area contributed by atoms with Crippen LogP contribution in [0.4, 0.5) is 0 Å². The second-order valence-electron chi connectivity index (χ2n) is 3.96. The third kappa shape index (κ3) is 3.76. The van der Waals surface area contributed by atoms with Crippen LogP contribution in [0.5, 0.6) is 0 Å². The van der Waals surface area contributed by atoms with Crippen molar-refractivity contribution in [1.82, 2.24) is 0 Å². The van der Waals surface area contributed by atoms with Crippen LogP contribution < -0.4 is 0 Å². The molecule has 0 aliphatic rings. The summed E-state index contributed by atoms with van der Waals surface area (Å²) in [4.78, 5) is 11.5. The maximum Gasteiger partial charge on any atom is 0.149 e. The summed E-state index contributed by atoms with van der Waals surface area (Å²) < 4.78 is 0. The van der Waals surface area contributed by atoms with Crippen LogP contribution in [0.1, 0.15) is 19.4 Å². The Hall–Kier alpha value is -0.0500. The predicted octanol–water partition coefficient (Wildman–Crippen LogP) is 4.52. The molecule has 1 atom stereocenters. The zero-order valence-electron chi connectivity index (χ0n) is 9.14. The lowest BCUT2D eigenvalue weighted by atomic mass is 10.0. The van der Waals surface area contributed by atoms with Gasteiger partial charge in [0.15, 0.2) is 0 Å². The number of rotatable bonds is 4. The molecule has 0 aliphatic heterocycles. The van der Waals surface area contributed by atoms with Gasteiger partial charge in [0.25, 0.3) is 0 Å². The Morgan fingerprint density at radius 3 is 2.50 bits per heavy atom. The van der Waals surface area contributed by atoms with E-state index in [1.807, 2.05) is 19.9 Å². The Morgan fingerprint density at radius 2 is 2.00 bits per heavy atom. The SMILES string of the molecule is CC(C)C(=O)C(Br)Cc1ccc(Cl)cc1Cl. The minimum absolute atomic E-state index is 0.0236. The maximum atomic E-state index is 11.7. The molecule has 0 aliphatic carbocycles. The van der Waals surface area contributed by atoms with Crippen molar-refractivity contribution in [1.29, 1.82) is 0 Å². The van der Waals surface area contributed by atoms with Crippen molar-refractivity contribution >= 4 is 44.9 Å². The van der Waals surface area contributed by atoms with Crippen LogP contribution in [0.15, 0.2) is 18.2 Å². The maximum absolute atomic E-state index is 11.7. The van der Waals surface area contributed by atoms with E-state index in [1.54, 1.807) is 12.1 Å². The molecule has 0 heterocycles. The first-order chi connectivity index (χ1) is 7.41. The first-order valence-corrected chi connectivity index (χ1v) is 6.70. The molecule has 0 saturated heterocycles. The van der Waals surface area contributed by atoms with Gasteiger partial charge in [-0.25, -0.2) is 0 Å². The highest BCUT2D eigenvalue weighted by Crippen LogP contribution is 2.24. The van der Waals surface area contributed by atoms with Crippen molar-refractivity contribution in [2.45, 2.75) is 25.1 Å². The summed E-state index contributed by atoms with van der Waals surface area (Å²) in [6, 6.07) is 5.33. The van der Waals surface area contributed by atoms with Gasteiger partial charge in [-0.15, -0.1) is 0 Å². The molecule has 0 spiro atoms. The van der Waals surface area contributed by atoms with Crippen LogP contribution >= 0.6 is 39.1 Å². The van der Waals surface area contributed by atoms with Gasteiger partial charge in [0.1, 0.15) is 5.78 Å². The summed E-state index contributed by atoms with van der Waals surface area (Å²) in [5, 5.41) is 1.21. The fraction of sp³-hybridized carbons (Fsp3) is 0.417. The second kappa shape index (κ2) is 6.04. The number of hydrogen-bond donors (Lipinski definition) is 0. The Kier molecular flexibility index (Phi) is 5.29. The van der Waals surface area contributed by atoms with Crippen molar-refractivity contribution in [3.8, 4) is 0 Å². The smallest absolute Gasteiger partial charge is 0.149 e. The van der Waals surface area contributed by atoms with Crippen LogP contribution in [0.25, 0.3) is 0 Å². The highest BCUT2D eigenvalue weighted by atomic mass is 79.9. The molecule has 1 unspecified atom stereocenters. The quantitative estimate of drug-likeness (QED) is 0.744. The normalized spacial score (nSPS) is 12.9. The number of Topliss-reactive ketones (excluding diaryl/α,β-unsaturated/α-hetero) is 1. The molecule has 0 N–H and O–H groups in total. The van der Waals surface area contributed by atoms with E-state index in [9.17, 15) is 4.79 Å². The lowest BCUT2D eigenvalue weighted by Gasteiger charge is -2.12. The zero-order chi connectivity index (χ0) is 12.3. The summed E-state index contributed by atoms with van der Waals surface area (Å²) in [6.07, 6.45) is 0.590. The molecule has 0 radical (unpaired) electrons. The standard InChI is InChI=1S/C12H13BrCl2O/c1-7(2)12(16)10(13)5-8-3-4-9(14)6-11(8)15/h3-4,6-7,10H,5H2,1-2H3. The van der Waals surface area contributed by atoms with Gasteiger partial charge in [-0.1, -0.05) is 59.0 Å². The highest BCUT2D eigenvalue weighted by Gasteiger charge is 2.19. The molecule has 1 rings (SSSR count). The molecule has 0 amide bonds. The van der Waals surface area contributed by atoms with Crippen LogP contribution in [0.3, 0.4) is 0 Å². The first-order valence-electron chi connectivity index (χ1n) is 5.03. The van der Waals surface area contributed by atoms with E-state index in [1.165, 1.54) is 0 Å². The average molecular weight is 324 g/mol. The third-order valence-electron chi connectivity index (χ3n) is 2.29. The number of carbonyl (C=O) groups is 1. The number of carbonyl (C=O) groups excluding carboxylic acids is 1. The fourth-order valence-corrected chi connectivity index (χ4v) is 2.71. The average Bonchev–Trinajstić information content (AvgIpc) is 2.20. The van der Waals surface area contributed by atoms with E-state index in [0.29, 0.717) is 16.5 Å². The lowest BCUT2D eigenvalue weighted by molar-refractivity contribution is -0.121. The monoisotopic (exact) mass is 322 g/mol. The van der Waals surface area contributed by atoms with Gasteiger partial charge in [-0.2, -0.15) is 0 Å². The molecule has 0 saturated carbocycles. The van der Waals surface area contributed by atoms with E-state index in [-0.39, 0.29) is 16.5 Å². The van der Waals surface area contributed by atoms with Crippen LogP contribution in [-0.2, 0) is 11.2 Å². The Balaban J connectivity index is 2.77. The minimum Gasteiger partial charge on any atom is -0.298 e. The van der Waals surface area contributed by atoms with E-state index in [4.69, 9.17) is 23.2 Å². The molecule has 16 heavy (non-hydrogen) atoms. The van der Waals surface area contributed by atoms with E-state index < -0.39 is 0 Å². The summed E-state index contributed by atoms with van der Waals surface area (Å²) in [5.41, 5.74) is 0.932. The second-order valence-corrected chi connectivity index (χ2v) is 5.91. The van der Waals surface area contributed by atoms with Gasteiger partial charge in [-0.3, -0.25) is 4.79 Å². The number of benzene rings is 1. The van der Waals surface area contributed by atoms with E-state index in [0.717, 1.165) is 5.56 Å². The largest absolute Gasteiger partial charge is 0.298 e. The molecule has 0 fully saturated rings. The van der Waals surface area contributed by atoms with E-state index in [2.05, 4.69) is 15.9 Å². The Labute approximate surface area is 114 Å². The molecule has 0 bridgehead atoms. The van der Waals surface area contributed by atoms with Crippen molar-refractivity contribution in [2.75, 3.05) is 0 Å². The predicted molar refractivity (Wildman–Crippen MR) is 72.7 cm³/mol. The van der Waals surface area contributed by atoms with Crippen LogP contribution in [0.2, 0.25) is 10.0 Å². The van der Waals surface area contributed by atoms with Gasteiger partial charge in [0.2, 0.25) is 0 Å². The molecular weight excluding hydrogens is 311 g/mol. The fourth-order valence-electron chi connectivity index (χ4n) is 1.34. The van der Waals surface area contributed by atoms with Gasteiger partial charge in [-0.05, 0) is 24.1 Å². The Morgan fingerprint density at radius 1 is 1.38 bits per heavy atom. The zero-order valence-corrected chi connectivity index (χ0v) is 12.2. The summed E-state index contributed by atoms with van der Waals surface area (Å²) in [5.74, 6) is 0.210. The van der Waals surface area contributed by atoms with Gasteiger partial charge in [0.05, 0.1) is 4.83 Å². The Bertz CT molecular complexity index is 391. The molecule has 0 aromatic heterocycles. The lowest BCUT2D eigenvalue weighted by Crippen LogP contribution is -2.21. The van der Waals surface area contributed by atoms with Crippen LogP contribution in [-0.4, -0.2) is 10.6 Å². The summed E-state index contributed by atoms with van der Waals surface area (Å²) >= 11 is 15.2. The van der Waals surface area contributed by atoms with Crippen molar-refractivity contribution in [3.63, 3.8) is 0 Å². The number of alkyl halides is 1. The van der Waals surface area contributed by atoms with E-state index >= 15 is 0 Å². The number of hydrogen-bond acceptors (Lipinski definition) is 1. The summed E-state index contributed by atoms with van der Waals surface area (Å²) in [7, 11) is 0. The molecule has 1 nitrogen and oxygen atoms in total. The molecule has 88 valence electrons.